The van der Waals surface area contributed by atoms with E-state index in [0.717, 1.165) is 24.5 Å². The molecule has 3 nitrogen and oxygen atoms in total. The lowest BCUT2D eigenvalue weighted by molar-refractivity contribution is -0.134. The van der Waals surface area contributed by atoms with E-state index in [-0.39, 0.29) is 18.0 Å². The van der Waals surface area contributed by atoms with Crippen LogP contribution in [0.2, 0.25) is 0 Å². The molecule has 0 spiro atoms. The highest BCUT2D eigenvalue weighted by molar-refractivity contribution is 5.76. The molecule has 2 unspecified atom stereocenters. The van der Waals surface area contributed by atoms with Gasteiger partial charge < -0.3 is 10.6 Å². The number of carbonyl (C=O) groups is 1. The zero-order valence-corrected chi connectivity index (χ0v) is 12.3. The Balaban J connectivity index is 1.80. The largest absolute Gasteiger partial charge is 0.340 e. The van der Waals surface area contributed by atoms with E-state index in [1.54, 1.807) is 6.07 Å². The molecule has 0 bridgehead atoms. The lowest BCUT2D eigenvalue weighted by atomic mass is 9.98. The second kappa shape index (κ2) is 6.98. The van der Waals surface area contributed by atoms with Gasteiger partial charge in [0.25, 0.3) is 0 Å². The third-order valence-electron chi connectivity index (χ3n) is 4.08. The maximum absolute atomic E-state index is 13.1. The number of likely N-dealkylation sites (tertiary alicyclic amines) is 1. The van der Waals surface area contributed by atoms with E-state index in [4.69, 9.17) is 5.73 Å². The van der Waals surface area contributed by atoms with E-state index in [0.29, 0.717) is 25.8 Å². The van der Waals surface area contributed by atoms with Gasteiger partial charge in [-0.2, -0.15) is 0 Å². The summed E-state index contributed by atoms with van der Waals surface area (Å²) in [5.74, 6) is -1.55. The van der Waals surface area contributed by atoms with Crippen molar-refractivity contribution in [3.05, 3.63) is 35.4 Å². The maximum atomic E-state index is 13.1. The molecular weight excluding hydrogens is 274 g/mol. The molecule has 1 amide bonds. The summed E-state index contributed by atoms with van der Waals surface area (Å²) in [5, 5.41) is 0. The van der Waals surface area contributed by atoms with Crippen molar-refractivity contribution in [2.24, 2.45) is 5.73 Å². The summed E-state index contributed by atoms with van der Waals surface area (Å²) in [5.41, 5.74) is 6.60. The molecule has 2 rings (SSSR count). The number of carbonyl (C=O) groups excluding carboxylic acids is 1. The van der Waals surface area contributed by atoms with Crippen LogP contribution in [0, 0.1) is 11.6 Å². The second-order valence-corrected chi connectivity index (χ2v) is 5.82. The predicted molar refractivity (Wildman–Crippen MR) is 77.7 cm³/mol. The molecule has 1 aliphatic heterocycles. The van der Waals surface area contributed by atoms with Crippen LogP contribution in [0.15, 0.2) is 18.2 Å². The number of aryl methyl sites for hydroxylation is 1. The fourth-order valence-electron chi connectivity index (χ4n) is 2.86. The van der Waals surface area contributed by atoms with Crippen molar-refractivity contribution in [1.82, 2.24) is 4.90 Å². The molecule has 1 fully saturated rings. The quantitative estimate of drug-likeness (QED) is 0.928. The van der Waals surface area contributed by atoms with Crippen LogP contribution in [-0.2, 0) is 11.2 Å². The number of nitrogens with zero attached hydrogens (tertiary/aromatic N) is 1. The van der Waals surface area contributed by atoms with Gasteiger partial charge >= 0.3 is 0 Å². The number of benzene rings is 1. The highest BCUT2D eigenvalue weighted by Crippen LogP contribution is 2.18. The topological polar surface area (TPSA) is 46.3 Å². The Kier molecular flexibility index (Phi) is 5.28. The number of amides is 1. The van der Waals surface area contributed by atoms with Gasteiger partial charge in [0.1, 0.15) is 0 Å². The molecule has 1 aromatic rings. The van der Waals surface area contributed by atoms with Gasteiger partial charge in [0.2, 0.25) is 5.91 Å². The Bertz CT molecular complexity index is 507. The van der Waals surface area contributed by atoms with Crippen molar-refractivity contribution in [2.75, 3.05) is 6.54 Å². The van der Waals surface area contributed by atoms with Crippen molar-refractivity contribution >= 4 is 5.91 Å². The Morgan fingerprint density at radius 3 is 2.81 bits per heavy atom. The van der Waals surface area contributed by atoms with E-state index in [2.05, 4.69) is 0 Å². The van der Waals surface area contributed by atoms with Crippen molar-refractivity contribution in [1.29, 1.82) is 0 Å². The van der Waals surface area contributed by atoms with Gasteiger partial charge in [-0.1, -0.05) is 6.07 Å². The molecule has 0 radical (unpaired) electrons. The molecule has 5 heteroatoms. The number of rotatable bonds is 4. The first-order valence-corrected chi connectivity index (χ1v) is 7.46. The summed E-state index contributed by atoms with van der Waals surface area (Å²) in [6, 6.07) is 4.25. The highest BCUT2D eigenvalue weighted by Gasteiger charge is 2.26. The summed E-state index contributed by atoms with van der Waals surface area (Å²) >= 11 is 0. The highest BCUT2D eigenvalue weighted by atomic mass is 19.2. The number of piperidine rings is 1. The normalized spacial score (nSPS) is 22.4. The third kappa shape index (κ3) is 4.24. The summed E-state index contributed by atoms with van der Waals surface area (Å²) in [4.78, 5) is 14.1. The number of nitrogens with two attached hydrogens (primary N) is 1. The Morgan fingerprint density at radius 1 is 1.38 bits per heavy atom. The maximum Gasteiger partial charge on any atom is 0.222 e. The number of halogens is 2. The Hall–Kier alpha value is -1.49. The van der Waals surface area contributed by atoms with E-state index in [1.165, 1.54) is 6.07 Å². The van der Waals surface area contributed by atoms with Crippen LogP contribution in [0.3, 0.4) is 0 Å². The smallest absolute Gasteiger partial charge is 0.222 e. The monoisotopic (exact) mass is 296 g/mol. The Labute approximate surface area is 124 Å². The average molecular weight is 296 g/mol. The molecule has 0 aliphatic carbocycles. The minimum Gasteiger partial charge on any atom is -0.340 e. The van der Waals surface area contributed by atoms with E-state index >= 15 is 0 Å². The summed E-state index contributed by atoms with van der Waals surface area (Å²) in [7, 11) is 0. The van der Waals surface area contributed by atoms with Gasteiger partial charge in [-0.3, -0.25) is 4.79 Å². The van der Waals surface area contributed by atoms with Crippen LogP contribution in [0.1, 0.15) is 38.2 Å². The molecule has 1 saturated heterocycles. The zero-order chi connectivity index (χ0) is 15.4. The van der Waals surface area contributed by atoms with Crippen molar-refractivity contribution < 1.29 is 13.6 Å². The molecule has 0 aromatic heterocycles. The first-order chi connectivity index (χ1) is 9.97. The zero-order valence-electron chi connectivity index (χ0n) is 12.3. The van der Waals surface area contributed by atoms with Gasteiger partial charge in [-0.15, -0.1) is 0 Å². The lowest BCUT2D eigenvalue weighted by Gasteiger charge is -2.36. The van der Waals surface area contributed by atoms with Crippen LogP contribution in [0.4, 0.5) is 8.78 Å². The molecule has 1 aromatic carbocycles. The van der Waals surface area contributed by atoms with Gasteiger partial charge in [-0.05, 0) is 50.3 Å². The van der Waals surface area contributed by atoms with Crippen LogP contribution in [0.5, 0.6) is 0 Å². The van der Waals surface area contributed by atoms with Crippen LogP contribution < -0.4 is 5.73 Å². The van der Waals surface area contributed by atoms with Crippen LogP contribution in [0.25, 0.3) is 0 Å². The van der Waals surface area contributed by atoms with E-state index in [9.17, 15) is 13.6 Å². The fraction of sp³-hybridized carbons (Fsp3) is 0.562. The first-order valence-electron chi connectivity index (χ1n) is 7.46. The second-order valence-electron chi connectivity index (χ2n) is 5.82. The summed E-state index contributed by atoms with van der Waals surface area (Å²) in [6.07, 6.45) is 3.33. The number of hydrogen-bond donors (Lipinski definition) is 1. The van der Waals surface area contributed by atoms with E-state index < -0.39 is 11.6 Å². The molecule has 0 saturated carbocycles. The molecule has 1 aliphatic rings. The molecular formula is C16H22F2N2O. The molecule has 1 heterocycles. The van der Waals surface area contributed by atoms with Crippen molar-refractivity contribution in [3.63, 3.8) is 0 Å². The molecule has 116 valence electrons. The minimum atomic E-state index is -0.840. The first kappa shape index (κ1) is 15.9. The molecule has 2 N–H and O–H groups in total. The minimum absolute atomic E-state index is 0.122. The summed E-state index contributed by atoms with van der Waals surface area (Å²) in [6.45, 7) is 2.73. The van der Waals surface area contributed by atoms with Crippen LogP contribution in [-0.4, -0.2) is 29.4 Å². The fourth-order valence-corrected chi connectivity index (χ4v) is 2.86. The van der Waals surface area contributed by atoms with Gasteiger partial charge in [0.05, 0.1) is 0 Å². The van der Waals surface area contributed by atoms with Gasteiger partial charge in [0, 0.05) is 25.0 Å². The van der Waals surface area contributed by atoms with E-state index in [1.807, 2.05) is 11.8 Å². The predicted octanol–water partition coefficient (Wildman–Crippen LogP) is 2.63. The lowest BCUT2D eigenvalue weighted by Crippen LogP contribution is -2.48. The SMILES string of the molecule is CC1CC(N)CCN1C(=O)CCCc1ccc(F)c(F)c1. The Morgan fingerprint density at radius 2 is 2.14 bits per heavy atom. The summed E-state index contributed by atoms with van der Waals surface area (Å²) < 4.78 is 25.9. The van der Waals surface area contributed by atoms with Gasteiger partial charge in [0.15, 0.2) is 11.6 Å². The van der Waals surface area contributed by atoms with Crippen molar-refractivity contribution in [2.45, 2.75) is 51.1 Å². The average Bonchev–Trinajstić information content (AvgIpc) is 2.42. The van der Waals surface area contributed by atoms with Crippen molar-refractivity contribution in [3.8, 4) is 0 Å². The molecule has 2 atom stereocenters. The third-order valence-corrected chi connectivity index (χ3v) is 4.08. The molecule has 21 heavy (non-hydrogen) atoms. The number of hydrogen-bond acceptors (Lipinski definition) is 2. The standard InChI is InChI=1S/C16H22F2N2O/c1-11-9-13(19)7-8-20(11)16(21)4-2-3-12-5-6-14(17)15(18)10-12/h5-6,10-11,13H,2-4,7-9,19H2,1H3. The van der Waals surface area contributed by atoms with Crippen LogP contribution >= 0.6 is 0 Å². The van der Waals surface area contributed by atoms with Gasteiger partial charge in [-0.25, -0.2) is 8.78 Å².